The fourth-order valence-electron chi connectivity index (χ4n) is 4.96. The van der Waals surface area contributed by atoms with Crippen molar-refractivity contribution in [1.82, 2.24) is 30.6 Å². The van der Waals surface area contributed by atoms with E-state index in [9.17, 15) is 9.90 Å². The average molecular weight is 654 g/mol. The first-order valence-corrected chi connectivity index (χ1v) is 15.1. The van der Waals surface area contributed by atoms with Crippen LogP contribution in [0, 0.1) is 6.92 Å². The minimum Gasteiger partial charge on any atom is -0.478 e. The van der Waals surface area contributed by atoms with Crippen LogP contribution in [0.2, 0.25) is 0 Å². The van der Waals surface area contributed by atoms with Gasteiger partial charge in [-0.3, -0.25) is 0 Å². The van der Waals surface area contributed by atoms with Gasteiger partial charge in [-0.05, 0) is 69.9 Å². The lowest BCUT2D eigenvalue weighted by Gasteiger charge is -2.15. The van der Waals surface area contributed by atoms with Crippen molar-refractivity contribution < 1.29 is 19.1 Å². The first kappa shape index (κ1) is 29.2. The van der Waals surface area contributed by atoms with Crippen LogP contribution >= 0.6 is 15.9 Å². The van der Waals surface area contributed by atoms with Crippen LogP contribution in [0.5, 0.6) is 5.88 Å². The van der Waals surface area contributed by atoms with Crippen LogP contribution in [0.25, 0.3) is 33.7 Å². The number of benzene rings is 3. The van der Waals surface area contributed by atoms with Crippen molar-refractivity contribution in [2.75, 3.05) is 0 Å². The summed E-state index contributed by atoms with van der Waals surface area (Å²) in [6.45, 7) is 4.41. The Hall–Kier alpha value is -4.90. The number of rotatable bonds is 11. The second-order valence-electron chi connectivity index (χ2n) is 10.5. The van der Waals surface area contributed by atoms with Crippen molar-refractivity contribution in [2.24, 2.45) is 0 Å². The van der Waals surface area contributed by atoms with Gasteiger partial charge in [0.2, 0.25) is 11.7 Å². The highest BCUT2D eigenvalue weighted by Crippen LogP contribution is 2.38. The number of halogens is 1. The highest BCUT2D eigenvalue weighted by atomic mass is 79.9. The van der Waals surface area contributed by atoms with Crippen molar-refractivity contribution in [3.63, 3.8) is 0 Å². The topological polar surface area (TPSA) is 140 Å². The van der Waals surface area contributed by atoms with E-state index < -0.39 is 5.97 Å². The zero-order valence-corrected chi connectivity index (χ0v) is 25.8. The van der Waals surface area contributed by atoms with Crippen molar-refractivity contribution in [1.29, 1.82) is 0 Å². The van der Waals surface area contributed by atoms with E-state index in [1.54, 1.807) is 12.1 Å². The lowest BCUT2D eigenvalue weighted by atomic mass is 10.0. The van der Waals surface area contributed by atoms with Gasteiger partial charge in [0.15, 0.2) is 0 Å². The molecule has 0 bridgehead atoms. The number of H-pyrrole nitrogens is 1. The summed E-state index contributed by atoms with van der Waals surface area (Å²) in [6.07, 6.45) is 3.33. The molecule has 2 N–H and O–H groups in total. The predicted octanol–water partition coefficient (Wildman–Crippen LogP) is 7.35. The summed E-state index contributed by atoms with van der Waals surface area (Å²) in [5.41, 5.74) is 6.41. The number of aromatic carboxylic acids is 1. The number of unbranched alkanes of at least 4 members (excludes halogenated alkanes) is 1. The number of aromatic nitrogens is 6. The number of carboxylic acid groups (broad SMARTS) is 1. The Morgan fingerprint density at radius 3 is 2.45 bits per heavy atom. The fraction of sp³-hybridized carbons (Fsp3) is 0.212. The summed E-state index contributed by atoms with van der Waals surface area (Å²) in [5, 5.41) is 24.3. The molecule has 6 aromatic rings. The van der Waals surface area contributed by atoms with Crippen molar-refractivity contribution in [2.45, 2.75) is 46.1 Å². The van der Waals surface area contributed by atoms with E-state index in [0.717, 1.165) is 79.8 Å². The molecule has 0 unspecified atom stereocenters. The Labute approximate surface area is 261 Å². The molecule has 44 heavy (non-hydrogen) atoms. The summed E-state index contributed by atoms with van der Waals surface area (Å²) in [6, 6.07) is 20.6. The van der Waals surface area contributed by atoms with Crippen molar-refractivity contribution >= 4 is 32.9 Å². The number of hydrogen-bond donors (Lipinski definition) is 2. The van der Waals surface area contributed by atoms with Crippen LogP contribution in [0.3, 0.4) is 0 Å². The summed E-state index contributed by atoms with van der Waals surface area (Å²) in [7, 11) is 0. The Bertz CT molecular complexity index is 1920. The van der Waals surface area contributed by atoms with Gasteiger partial charge >= 0.3 is 5.97 Å². The smallest absolute Gasteiger partial charge is 0.335 e. The van der Waals surface area contributed by atoms with Gasteiger partial charge in [-0.25, -0.2) is 9.78 Å². The molecule has 3 aromatic carbocycles. The van der Waals surface area contributed by atoms with Gasteiger partial charge in [0.25, 0.3) is 0 Å². The van der Waals surface area contributed by atoms with Gasteiger partial charge in [-0.1, -0.05) is 55.8 Å². The second-order valence-corrected chi connectivity index (χ2v) is 11.3. The molecular formula is C33H29BrN6O4. The van der Waals surface area contributed by atoms with Gasteiger partial charge in [0, 0.05) is 40.6 Å². The van der Waals surface area contributed by atoms with Crippen LogP contribution in [0.1, 0.15) is 58.3 Å². The van der Waals surface area contributed by atoms with E-state index in [4.69, 9.17) is 19.1 Å². The summed E-state index contributed by atoms with van der Waals surface area (Å²) < 4.78 is 13.4. The van der Waals surface area contributed by atoms with E-state index >= 15 is 0 Å². The average Bonchev–Trinajstić information content (AvgIpc) is 3.69. The highest BCUT2D eigenvalue weighted by molar-refractivity contribution is 9.10. The highest BCUT2D eigenvalue weighted by Gasteiger charge is 2.18. The number of fused-ring (bicyclic) bond motifs is 1. The normalized spacial score (nSPS) is 11.2. The molecular weight excluding hydrogens is 624 g/mol. The Morgan fingerprint density at radius 1 is 1.00 bits per heavy atom. The molecule has 0 saturated heterocycles. The molecule has 0 aliphatic heterocycles. The number of nitrogens with zero attached hydrogens (tertiary/aromatic N) is 5. The summed E-state index contributed by atoms with van der Waals surface area (Å²) >= 11 is 3.75. The number of aromatic amines is 1. The molecule has 0 saturated carbocycles. The molecule has 222 valence electrons. The minimum atomic E-state index is -0.952. The van der Waals surface area contributed by atoms with E-state index in [1.807, 2.05) is 55.5 Å². The maximum absolute atomic E-state index is 11.3. The van der Waals surface area contributed by atoms with Crippen LogP contribution in [-0.2, 0) is 19.4 Å². The predicted molar refractivity (Wildman–Crippen MR) is 168 cm³/mol. The number of nitrogens with one attached hydrogen (secondary N) is 1. The molecule has 3 heterocycles. The van der Waals surface area contributed by atoms with E-state index in [2.05, 4.69) is 49.5 Å². The lowest BCUT2D eigenvalue weighted by molar-refractivity contribution is 0.0697. The van der Waals surface area contributed by atoms with E-state index in [-0.39, 0.29) is 5.56 Å². The lowest BCUT2D eigenvalue weighted by Crippen LogP contribution is -2.09. The fourth-order valence-corrected chi connectivity index (χ4v) is 5.58. The van der Waals surface area contributed by atoms with E-state index in [0.29, 0.717) is 24.7 Å². The third-order valence-corrected chi connectivity index (χ3v) is 8.16. The molecule has 0 aliphatic carbocycles. The number of furan rings is 1. The van der Waals surface area contributed by atoms with Gasteiger partial charge in [-0.15, -0.1) is 10.2 Å². The van der Waals surface area contributed by atoms with Crippen LogP contribution in [0.15, 0.2) is 75.6 Å². The van der Waals surface area contributed by atoms with Crippen molar-refractivity contribution in [3.8, 4) is 28.6 Å². The number of aryl methyl sites for hydroxylation is 2. The Kier molecular flexibility index (Phi) is 8.47. The second kappa shape index (κ2) is 12.8. The third kappa shape index (κ3) is 6.23. The van der Waals surface area contributed by atoms with Gasteiger partial charge in [0.05, 0.1) is 10.0 Å². The molecule has 0 amide bonds. The number of carboxylic acids is 1. The first-order chi connectivity index (χ1) is 21.4. The van der Waals surface area contributed by atoms with Crippen LogP contribution in [-0.4, -0.2) is 41.7 Å². The number of ether oxygens (including phenoxy) is 1. The largest absolute Gasteiger partial charge is 0.478 e. The number of tetrazole rings is 1. The summed E-state index contributed by atoms with van der Waals surface area (Å²) in [4.78, 5) is 20.9. The molecule has 6 rings (SSSR count). The van der Waals surface area contributed by atoms with E-state index in [1.165, 1.54) is 0 Å². The first-order valence-electron chi connectivity index (χ1n) is 14.3. The zero-order chi connectivity index (χ0) is 30.6. The Morgan fingerprint density at radius 2 is 1.75 bits per heavy atom. The molecule has 0 fully saturated rings. The third-order valence-electron chi connectivity index (χ3n) is 7.38. The molecule has 10 nitrogen and oxygen atoms in total. The standard InChI is InChI=1S/C33H29BrN6O4/c1-3-4-5-28-35-19(2)25(16-20-6-9-24(10-7-20)33(41)42)32(36-28)43-18-21-8-15-27-26(17-21)29(34)30(44-27)22-11-13-23(14-12-22)31-37-39-40-38-31/h6-15,17H,3-5,16,18H2,1-2H3,(H,41,42)(H,37,38,39,40). The Balaban J connectivity index is 1.25. The molecule has 0 spiro atoms. The van der Waals surface area contributed by atoms with Gasteiger partial charge in [0.1, 0.15) is 23.8 Å². The molecule has 0 atom stereocenters. The SMILES string of the molecule is CCCCc1nc(C)c(Cc2ccc(C(=O)O)cc2)c(OCc2ccc3oc(-c4ccc(-c5nn[nH]n5)cc4)c(Br)c3c2)n1. The van der Waals surface area contributed by atoms with Gasteiger partial charge in [-0.2, -0.15) is 10.2 Å². The molecule has 0 radical (unpaired) electrons. The molecule has 3 aromatic heterocycles. The minimum absolute atomic E-state index is 0.248. The maximum atomic E-state index is 11.3. The quantitative estimate of drug-likeness (QED) is 0.147. The van der Waals surface area contributed by atoms with Crippen LogP contribution in [0.4, 0.5) is 0 Å². The van der Waals surface area contributed by atoms with Crippen LogP contribution < -0.4 is 4.74 Å². The summed E-state index contributed by atoms with van der Waals surface area (Å²) in [5.74, 6) is 1.60. The molecule has 0 aliphatic rings. The maximum Gasteiger partial charge on any atom is 0.335 e. The molecule has 11 heteroatoms. The number of carbonyl (C=O) groups is 1. The van der Waals surface area contributed by atoms with Gasteiger partial charge < -0.3 is 14.3 Å². The zero-order valence-electron chi connectivity index (χ0n) is 24.2. The number of hydrogen-bond acceptors (Lipinski definition) is 8. The van der Waals surface area contributed by atoms with Crippen molar-refractivity contribution in [3.05, 3.63) is 105 Å². The monoisotopic (exact) mass is 652 g/mol.